The molecule has 4 amide bonds. The molecule has 2 aromatic heterocycles. The maximum absolute atomic E-state index is 15.4. The van der Waals surface area contributed by atoms with Crippen LogP contribution in [0.15, 0.2) is 54.2 Å². The summed E-state index contributed by atoms with van der Waals surface area (Å²) in [4.78, 5) is 67.2. The van der Waals surface area contributed by atoms with E-state index in [0.717, 1.165) is 33.8 Å². The highest BCUT2D eigenvalue weighted by Crippen LogP contribution is 2.42. The minimum Gasteiger partial charge on any atom is -0.475 e. The molecule has 16 nitrogen and oxygen atoms in total. The maximum Gasteiger partial charge on any atom is 0.420 e. The number of rotatable bonds is 20. The SMILES string of the molecule is Cc1cc(N2C(=S)N(c3ccc(C#N)c(C(F)(F)F)c3F)C(=O)C2(C)C)cnc1OCCOCCOCCOCC(=O)N[C@H](C(=O)N1CCC[C@H]1C(=O)NCc1ccc(-c2scnc2C)cc1)C(C)(C)C. The zero-order valence-corrected chi connectivity index (χ0v) is 42.0. The lowest BCUT2D eigenvalue weighted by Crippen LogP contribution is -2.58. The van der Waals surface area contributed by atoms with Crippen molar-refractivity contribution in [1.29, 1.82) is 5.26 Å². The van der Waals surface area contributed by atoms with E-state index in [4.69, 9.17) is 36.4 Å². The smallest absolute Gasteiger partial charge is 0.420 e. The maximum atomic E-state index is 15.4. The number of nitrogens with one attached hydrogen (secondary N) is 2. The van der Waals surface area contributed by atoms with Crippen molar-refractivity contribution in [1.82, 2.24) is 25.5 Å². The first-order valence-electron chi connectivity index (χ1n) is 22.7. The number of alkyl halides is 3. The van der Waals surface area contributed by atoms with Gasteiger partial charge in [0.25, 0.3) is 5.91 Å². The Morgan fingerprint density at radius 1 is 0.986 bits per heavy atom. The van der Waals surface area contributed by atoms with Crippen molar-refractivity contribution in [3.05, 3.63) is 87.9 Å². The quantitative estimate of drug-likeness (QED) is 0.0522. The Morgan fingerprint density at radius 2 is 1.65 bits per heavy atom. The lowest BCUT2D eigenvalue weighted by Gasteiger charge is -2.35. The van der Waals surface area contributed by atoms with Gasteiger partial charge in [0.05, 0.1) is 78.3 Å². The summed E-state index contributed by atoms with van der Waals surface area (Å²) in [6.45, 7) is 13.6. The van der Waals surface area contributed by atoms with Crippen LogP contribution in [0.4, 0.5) is 28.9 Å². The van der Waals surface area contributed by atoms with Crippen LogP contribution in [-0.4, -0.2) is 114 Å². The number of nitriles is 1. The van der Waals surface area contributed by atoms with Crippen LogP contribution in [0.3, 0.4) is 0 Å². The van der Waals surface area contributed by atoms with Gasteiger partial charge in [-0.05, 0) is 87.5 Å². The summed E-state index contributed by atoms with van der Waals surface area (Å²) in [6.07, 6.45) is -2.66. The molecule has 0 radical (unpaired) electrons. The van der Waals surface area contributed by atoms with Crippen molar-refractivity contribution in [3.8, 4) is 22.4 Å². The Kier molecular flexibility index (Phi) is 17.5. The molecule has 4 aromatic rings. The molecule has 0 saturated carbocycles. The summed E-state index contributed by atoms with van der Waals surface area (Å²) in [7, 11) is 0. The lowest BCUT2D eigenvalue weighted by atomic mass is 9.85. The second-order valence-corrected chi connectivity index (χ2v) is 19.6. The Bertz CT molecular complexity index is 2650. The molecule has 380 valence electrons. The van der Waals surface area contributed by atoms with Crippen LogP contribution in [0, 0.1) is 36.4 Å². The average Bonchev–Trinajstić information content (AvgIpc) is 4.02. The second kappa shape index (κ2) is 23.0. The number of likely N-dealkylation sites (tertiary alicyclic amines) is 1. The number of aromatic nitrogens is 2. The van der Waals surface area contributed by atoms with Gasteiger partial charge in [0.1, 0.15) is 36.4 Å². The Hall–Kier alpha value is -6.12. The summed E-state index contributed by atoms with van der Waals surface area (Å²) in [6, 6.07) is 11.0. The van der Waals surface area contributed by atoms with Crippen LogP contribution in [0.25, 0.3) is 10.4 Å². The molecule has 0 aliphatic carbocycles. The van der Waals surface area contributed by atoms with Crippen molar-refractivity contribution >= 4 is 63.7 Å². The first kappa shape index (κ1) is 54.2. The Balaban J connectivity index is 0.878. The highest BCUT2D eigenvalue weighted by molar-refractivity contribution is 7.81. The number of halogens is 4. The molecule has 0 bridgehead atoms. The number of hydrogen-bond donors (Lipinski definition) is 2. The van der Waals surface area contributed by atoms with Gasteiger partial charge in [0, 0.05) is 18.7 Å². The fraction of sp³-hybridized carbons (Fsp3) is 0.469. The summed E-state index contributed by atoms with van der Waals surface area (Å²) < 4.78 is 79.1. The van der Waals surface area contributed by atoms with Gasteiger partial charge in [-0.3, -0.25) is 24.1 Å². The summed E-state index contributed by atoms with van der Waals surface area (Å²) in [5.74, 6) is -3.40. The number of amides is 4. The molecule has 2 aromatic carbocycles. The number of benzene rings is 2. The third-order valence-corrected chi connectivity index (χ3v) is 13.2. The minimum atomic E-state index is -5.20. The number of nitrogens with zero attached hydrogens (tertiary/aromatic N) is 6. The van der Waals surface area contributed by atoms with Gasteiger partial charge in [0.15, 0.2) is 10.9 Å². The van der Waals surface area contributed by atoms with E-state index >= 15 is 4.39 Å². The second-order valence-electron chi connectivity index (χ2n) is 18.4. The molecule has 2 aliphatic heterocycles. The lowest BCUT2D eigenvalue weighted by molar-refractivity contribution is -0.144. The van der Waals surface area contributed by atoms with Gasteiger partial charge in [-0.1, -0.05) is 45.0 Å². The average molecular weight is 1030 g/mol. The fourth-order valence-corrected chi connectivity index (χ4v) is 9.48. The number of ether oxygens (including phenoxy) is 4. The first-order valence-corrected chi connectivity index (χ1v) is 24.0. The highest BCUT2D eigenvalue weighted by Gasteiger charge is 2.52. The predicted octanol–water partition coefficient (Wildman–Crippen LogP) is 7.04. The number of thiocarbonyl (C=S) groups is 1. The van der Waals surface area contributed by atoms with E-state index in [0.29, 0.717) is 42.1 Å². The van der Waals surface area contributed by atoms with Gasteiger partial charge >= 0.3 is 6.18 Å². The molecular formula is C49H56F4N8O8S2. The number of aryl methyl sites for hydroxylation is 2. The molecule has 22 heteroatoms. The van der Waals surface area contributed by atoms with E-state index in [2.05, 4.69) is 20.6 Å². The largest absolute Gasteiger partial charge is 0.475 e. The molecule has 0 unspecified atom stereocenters. The molecule has 2 atom stereocenters. The summed E-state index contributed by atoms with van der Waals surface area (Å²) >= 11 is 7.09. The third kappa shape index (κ3) is 12.7. The Morgan fingerprint density at radius 3 is 2.25 bits per heavy atom. The van der Waals surface area contributed by atoms with E-state index in [1.54, 1.807) is 29.2 Å². The number of carbonyl (C=O) groups excluding carboxylic acids is 4. The third-order valence-electron chi connectivity index (χ3n) is 11.8. The predicted molar refractivity (Wildman–Crippen MR) is 260 cm³/mol. The number of hydrogen-bond acceptors (Lipinski definition) is 13. The molecule has 2 aliphatic rings. The molecule has 4 heterocycles. The topological polar surface area (TPSA) is 189 Å². The normalized spacial score (nSPS) is 16.3. The monoisotopic (exact) mass is 1020 g/mol. The molecule has 71 heavy (non-hydrogen) atoms. The van der Waals surface area contributed by atoms with Crippen LogP contribution >= 0.6 is 23.6 Å². The van der Waals surface area contributed by atoms with Crippen LogP contribution in [0.1, 0.15) is 75.4 Å². The number of pyridine rings is 1. The van der Waals surface area contributed by atoms with Crippen molar-refractivity contribution in [2.45, 2.75) is 91.7 Å². The van der Waals surface area contributed by atoms with Crippen molar-refractivity contribution < 1.29 is 55.7 Å². The number of anilines is 2. The standard InChI is InChI=1S/C49H56F4N8O8S2/c1-29-23-34(61-46(70)60(45(65)48(61,6)7)35-15-14-33(24-54)38(39(35)50)49(51,52)53)26-56-43(29)69-22-21-67-18-17-66-19-20-68-27-37(62)58-41(47(3,4)5)44(64)59-16-8-9-36(59)42(63)55-25-31-10-12-32(13-11-31)40-30(2)57-28-71-40/h10-15,23,26,28,36,41H,8-9,16-22,25,27H2,1-7H3,(H,55,63)(H,58,62)/t36-,41+/m0/s1. The van der Waals surface area contributed by atoms with Gasteiger partial charge in [-0.15, -0.1) is 11.3 Å². The van der Waals surface area contributed by atoms with E-state index in [1.165, 1.54) is 31.0 Å². The van der Waals surface area contributed by atoms with Crippen LogP contribution in [0.5, 0.6) is 5.88 Å². The van der Waals surface area contributed by atoms with Gasteiger partial charge in [-0.25, -0.2) is 14.4 Å². The molecule has 2 fully saturated rings. The van der Waals surface area contributed by atoms with Gasteiger partial charge in [-0.2, -0.15) is 18.4 Å². The van der Waals surface area contributed by atoms with E-state index in [-0.39, 0.29) is 69.1 Å². The molecule has 2 saturated heterocycles. The number of thiazole rings is 1. The van der Waals surface area contributed by atoms with Crippen molar-refractivity contribution in [2.75, 3.05) is 62.6 Å². The summed E-state index contributed by atoms with van der Waals surface area (Å²) in [5.41, 5.74) is 0.0220. The first-order chi connectivity index (χ1) is 33.6. The van der Waals surface area contributed by atoms with Crippen molar-refractivity contribution in [2.24, 2.45) is 5.41 Å². The van der Waals surface area contributed by atoms with Crippen molar-refractivity contribution in [3.63, 3.8) is 0 Å². The Labute approximate surface area is 418 Å². The van der Waals surface area contributed by atoms with Crippen LogP contribution in [0.2, 0.25) is 0 Å². The van der Waals surface area contributed by atoms with Crippen LogP contribution in [-0.2, 0) is 46.1 Å². The van der Waals surface area contributed by atoms with Gasteiger partial charge < -0.3 is 39.4 Å². The minimum absolute atomic E-state index is 0.102. The molecule has 6 rings (SSSR count). The van der Waals surface area contributed by atoms with E-state index in [9.17, 15) is 32.3 Å². The zero-order chi connectivity index (χ0) is 51.8. The highest BCUT2D eigenvalue weighted by atomic mass is 32.1. The van der Waals surface area contributed by atoms with Crippen LogP contribution < -0.4 is 25.2 Å². The van der Waals surface area contributed by atoms with E-state index in [1.807, 2.05) is 57.5 Å². The fourth-order valence-electron chi connectivity index (χ4n) is 8.15. The van der Waals surface area contributed by atoms with Gasteiger partial charge in [0.2, 0.25) is 23.6 Å². The molecule has 0 spiro atoms. The van der Waals surface area contributed by atoms with E-state index < -0.39 is 63.7 Å². The zero-order valence-electron chi connectivity index (χ0n) is 40.4. The molecular weight excluding hydrogens is 969 g/mol. The number of carbonyl (C=O) groups is 4. The summed E-state index contributed by atoms with van der Waals surface area (Å²) in [5, 5.41) is 14.7. The molecule has 2 N–H and O–H groups in total.